The van der Waals surface area contributed by atoms with E-state index in [1.165, 1.54) is 6.20 Å². The molecule has 0 spiro atoms. The Labute approximate surface area is 74.1 Å². The van der Waals surface area contributed by atoms with E-state index < -0.39 is 11.8 Å². The highest BCUT2D eigenvalue weighted by molar-refractivity contribution is 5.06. The van der Waals surface area contributed by atoms with Gasteiger partial charge in [-0.25, -0.2) is 13.9 Å². The van der Waals surface area contributed by atoms with Crippen LogP contribution in [0.2, 0.25) is 0 Å². The Balaban J connectivity index is 1.86. The lowest BCUT2D eigenvalue weighted by Gasteiger charge is -2.13. The van der Waals surface area contributed by atoms with Gasteiger partial charge in [-0.1, -0.05) is 0 Å². The number of halogens is 2. The number of nitrogens with one attached hydrogen (secondary N) is 1. The normalized spacial score (nSPS) is 19.0. The monoisotopic (exact) mass is 188 g/mol. The van der Waals surface area contributed by atoms with E-state index >= 15 is 0 Å². The first-order valence-electron chi connectivity index (χ1n) is 4.13. The van der Waals surface area contributed by atoms with E-state index in [0.29, 0.717) is 18.7 Å². The van der Waals surface area contributed by atoms with Crippen molar-refractivity contribution in [3.8, 4) is 5.88 Å². The van der Waals surface area contributed by atoms with Crippen LogP contribution in [-0.4, -0.2) is 23.2 Å². The highest BCUT2D eigenvalue weighted by Crippen LogP contribution is 2.50. The summed E-state index contributed by atoms with van der Waals surface area (Å²) in [5.41, 5.74) is -0.884. The molecule has 0 amide bonds. The van der Waals surface area contributed by atoms with Crippen LogP contribution in [0.25, 0.3) is 0 Å². The minimum absolute atomic E-state index is 0.0762. The van der Waals surface area contributed by atoms with Crippen LogP contribution in [0.4, 0.5) is 8.78 Å². The van der Waals surface area contributed by atoms with Gasteiger partial charge >= 0.3 is 0 Å². The molecular weight excluding hydrogens is 178 g/mol. The van der Waals surface area contributed by atoms with Gasteiger partial charge in [0.1, 0.15) is 6.61 Å². The third kappa shape index (κ3) is 1.64. The van der Waals surface area contributed by atoms with E-state index in [4.69, 9.17) is 4.74 Å². The predicted octanol–water partition coefficient (Wildman–Crippen LogP) is 1.83. The zero-order chi connectivity index (χ0) is 9.31. The van der Waals surface area contributed by atoms with Gasteiger partial charge in [-0.05, 0) is 12.8 Å². The predicted molar refractivity (Wildman–Crippen MR) is 41.8 cm³/mol. The molecule has 1 aromatic heterocycles. The third-order valence-electron chi connectivity index (χ3n) is 2.35. The molecule has 2 rings (SSSR count). The number of hydrogen-bond acceptors (Lipinski definition) is 2. The minimum atomic E-state index is -2.28. The molecule has 1 aliphatic rings. The van der Waals surface area contributed by atoms with Crippen molar-refractivity contribution in [2.75, 3.05) is 6.61 Å². The van der Waals surface area contributed by atoms with Crippen molar-refractivity contribution in [2.24, 2.45) is 5.41 Å². The molecule has 1 fully saturated rings. The van der Waals surface area contributed by atoms with Crippen molar-refractivity contribution < 1.29 is 13.5 Å². The largest absolute Gasteiger partial charge is 0.477 e. The van der Waals surface area contributed by atoms with Crippen LogP contribution in [0.3, 0.4) is 0 Å². The molecule has 0 bridgehead atoms. The number of aromatic nitrogens is 2. The van der Waals surface area contributed by atoms with Crippen LogP contribution in [0.15, 0.2) is 12.3 Å². The Bertz CT molecular complexity index is 270. The number of alkyl halides is 2. The molecule has 1 saturated carbocycles. The summed E-state index contributed by atoms with van der Waals surface area (Å²) in [5.74, 6) is 0.451. The average molecular weight is 188 g/mol. The first-order chi connectivity index (χ1) is 6.23. The molecule has 3 nitrogen and oxygen atoms in total. The molecule has 0 saturated heterocycles. The Hall–Kier alpha value is -1.13. The zero-order valence-corrected chi connectivity index (χ0v) is 6.96. The number of H-pyrrole nitrogens is 1. The maximum atomic E-state index is 12.4. The molecule has 0 unspecified atom stereocenters. The van der Waals surface area contributed by atoms with Gasteiger partial charge in [-0.15, -0.1) is 0 Å². The van der Waals surface area contributed by atoms with Crippen LogP contribution in [0.1, 0.15) is 12.8 Å². The quantitative estimate of drug-likeness (QED) is 0.782. The molecule has 13 heavy (non-hydrogen) atoms. The van der Waals surface area contributed by atoms with Gasteiger partial charge in [0, 0.05) is 6.07 Å². The van der Waals surface area contributed by atoms with Gasteiger partial charge in [-0.3, -0.25) is 0 Å². The van der Waals surface area contributed by atoms with Crippen molar-refractivity contribution in [3.05, 3.63) is 12.3 Å². The van der Waals surface area contributed by atoms with Crippen molar-refractivity contribution in [1.82, 2.24) is 10.2 Å². The highest BCUT2D eigenvalue weighted by Gasteiger charge is 2.52. The average Bonchev–Trinajstić information content (AvgIpc) is 2.73. The van der Waals surface area contributed by atoms with Gasteiger partial charge < -0.3 is 4.74 Å². The highest BCUT2D eigenvalue weighted by atomic mass is 19.3. The van der Waals surface area contributed by atoms with E-state index in [1.807, 2.05) is 0 Å². The number of aromatic amines is 1. The fourth-order valence-electron chi connectivity index (χ4n) is 1.13. The van der Waals surface area contributed by atoms with Gasteiger partial charge in [0.05, 0.1) is 11.6 Å². The van der Waals surface area contributed by atoms with Gasteiger partial charge in [0.15, 0.2) is 0 Å². The molecule has 72 valence electrons. The van der Waals surface area contributed by atoms with Crippen LogP contribution in [0, 0.1) is 5.41 Å². The summed E-state index contributed by atoms with van der Waals surface area (Å²) >= 11 is 0. The first kappa shape index (κ1) is 8.47. The molecule has 0 atom stereocenters. The lowest BCUT2D eigenvalue weighted by Crippen LogP contribution is -2.21. The molecular formula is C8H10F2N2O. The molecule has 1 aromatic rings. The summed E-state index contributed by atoms with van der Waals surface area (Å²) in [5, 5.41) is 6.21. The number of nitrogens with zero attached hydrogens (tertiary/aromatic N) is 1. The van der Waals surface area contributed by atoms with Crippen LogP contribution in [0.5, 0.6) is 5.88 Å². The Morgan fingerprint density at radius 3 is 2.85 bits per heavy atom. The van der Waals surface area contributed by atoms with E-state index in [9.17, 15) is 8.78 Å². The van der Waals surface area contributed by atoms with E-state index in [0.717, 1.165) is 0 Å². The van der Waals surface area contributed by atoms with E-state index in [2.05, 4.69) is 10.2 Å². The summed E-state index contributed by atoms with van der Waals surface area (Å²) in [6.07, 6.45) is 0.352. The maximum absolute atomic E-state index is 12.4. The SMILES string of the molecule is FC(F)C1(COc2ccn[nH]2)CC1. The molecule has 1 aliphatic carbocycles. The second-order valence-electron chi connectivity index (χ2n) is 3.37. The second-order valence-corrected chi connectivity index (χ2v) is 3.37. The Morgan fingerprint density at radius 2 is 2.38 bits per heavy atom. The van der Waals surface area contributed by atoms with Gasteiger partial charge in [-0.2, -0.15) is 5.10 Å². The van der Waals surface area contributed by atoms with E-state index in [1.54, 1.807) is 6.07 Å². The Kier molecular flexibility index (Phi) is 1.94. The topological polar surface area (TPSA) is 37.9 Å². The fourth-order valence-corrected chi connectivity index (χ4v) is 1.13. The van der Waals surface area contributed by atoms with Crippen molar-refractivity contribution in [3.63, 3.8) is 0 Å². The molecule has 0 aromatic carbocycles. The summed E-state index contributed by atoms with van der Waals surface area (Å²) in [6.45, 7) is 0.0762. The molecule has 5 heteroatoms. The third-order valence-corrected chi connectivity index (χ3v) is 2.35. The fraction of sp³-hybridized carbons (Fsp3) is 0.625. The summed E-state index contributed by atoms with van der Waals surface area (Å²) in [4.78, 5) is 0. The van der Waals surface area contributed by atoms with Gasteiger partial charge in [0.25, 0.3) is 0 Å². The van der Waals surface area contributed by atoms with E-state index in [-0.39, 0.29) is 6.61 Å². The van der Waals surface area contributed by atoms with Gasteiger partial charge in [0.2, 0.25) is 12.3 Å². The van der Waals surface area contributed by atoms with Crippen LogP contribution < -0.4 is 4.74 Å². The second kappa shape index (κ2) is 2.97. The molecule has 1 N–H and O–H groups in total. The van der Waals surface area contributed by atoms with Crippen molar-refractivity contribution in [2.45, 2.75) is 19.3 Å². The maximum Gasteiger partial charge on any atom is 0.247 e. The molecule has 1 heterocycles. The molecule has 0 radical (unpaired) electrons. The summed E-state index contributed by atoms with van der Waals surface area (Å²) < 4.78 is 29.9. The smallest absolute Gasteiger partial charge is 0.247 e. The van der Waals surface area contributed by atoms with Crippen LogP contribution >= 0.6 is 0 Å². The number of hydrogen-bond donors (Lipinski definition) is 1. The van der Waals surface area contributed by atoms with Crippen molar-refractivity contribution in [1.29, 1.82) is 0 Å². The lowest BCUT2D eigenvalue weighted by atomic mass is 10.1. The first-order valence-corrected chi connectivity index (χ1v) is 4.13. The Morgan fingerprint density at radius 1 is 1.62 bits per heavy atom. The van der Waals surface area contributed by atoms with Crippen LogP contribution in [-0.2, 0) is 0 Å². The molecule has 0 aliphatic heterocycles. The summed E-state index contributed by atoms with van der Waals surface area (Å²) in [6, 6.07) is 1.61. The zero-order valence-electron chi connectivity index (χ0n) is 6.96. The lowest BCUT2D eigenvalue weighted by molar-refractivity contribution is 0.0305. The number of ether oxygens (including phenoxy) is 1. The standard InChI is InChI=1S/C8H10F2N2O/c9-7(10)8(2-3-8)5-13-6-1-4-11-12-6/h1,4,7H,2-3,5H2,(H,11,12). The number of rotatable bonds is 4. The summed E-state index contributed by atoms with van der Waals surface area (Å²) in [7, 11) is 0. The minimum Gasteiger partial charge on any atom is -0.477 e. The van der Waals surface area contributed by atoms with Crippen molar-refractivity contribution >= 4 is 0 Å².